The molecular weight excluding hydrogens is 388 g/mol. The van der Waals surface area contributed by atoms with Gasteiger partial charge in [-0.2, -0.15) is 5.11 Å². The lowest BCUT2D eigenvalue weighted by Gasteiger charge is -2.27. The Kier molecular flexibility index (Phi) is 4.29. The second kappa shape index (κ2) is 6.85. The highest BCUT2D eigenvalue weighted by atomic mass is 32.2. The normalized spacial score (nSPS) is 16.9. The lowest BCUT2D eigenvalue weighted by molar-refractivity contribution is 0.313. The highest BCUT2D eigenvalue weighted by molar-refractivity contribution is 7.89. The van der Waals surface area contributed by atoms with Crippen LogP contribution in [0.3, 0.4) is 0 Å². The fourth-order valence-electron chi connectivity index (χ4n) is 4.04. The second-order valence-corrected chi connectivity index (χ2v) is 8.96. The molecule has 0 radical (unpaired) electrons. The van der Waals surface area contributed by atoms with Crippen LogP contribution in [0.5, 0.6) is 0 Å². The number of hydrogen-bond donors (Lipinski definition) is 1. The van der Waals surface area contributed by atoms with Gasteiger partial charge in [-0.05, 0) is 30.0 Å². The van der Waals surface area contributed by atoms with Gasteiger partial charge in [-0.15, -0.1) is 5.11 Å². The number of fused-ring (bicyclic) bond motifs is 1. The number of pyridine rings is 1. The molecule has 5 rings (SSSR count). The van der Waals surface area contributed by atoms with Crippen LogP contribution in [-0.4, -0.2) is 30.3 Å². The molecule has 148 valence electrons. The van der Waals surface area contributed by atoms with Gasteiger partial charge in [0, 0.05) is 11.8 Å². The lowest BCUT2D eigenvalue weighted by atomic mass is 9.80. The van der Waals surface area contributed by atoms with Crippen LogP contribution >= 0.6 is 0 Å². The smallest absolute Gasteiger partial charge is 0.239 e. The number of hydrogen-bond acceptors (Lipinski definition) is 6. The van der Waals surface area contributed by atoms with Crippen LogP contribution in [0, 0.1) is 5.92 Å². The highest BCUT2D eigenvalue weighted by Crippen LogP contribution is 2.37. The van der Waals surface area contributed by atoms with Gasteiger partial charge < -0.3 is 0 Å². The lowest BCUT2D eigenvalue weighted by Crippen LogP contribution is -2.22. The zero-order chi connectivity index (χ0) is 20.0. The first-order valence-electron chi connectivity index (χ1n) is 9.56. The molecule has 2 N–H and O–H groups in total. The number of nitrogens with two attached hydrogens (primary N) is 1. The number of imidazole rings is 1. The Balaban J connectivity index is 1.80. The molecule has 2 aliphatic rings. The van der Waals surface area contributed by atoms with Crippen molar-refractivity contribution in [3.8, 4) is 11.3 Å². The monoisotopic (exact) mass is 408 g/mol. The maximum Gasteiger partial charge on any atom is 0.239 e. The Morgan fingerprint density at radius 3 is 2.72 bits per heavy atom. The number of amidine groups is 1. The molecule has 3 aromatic rings. The largest absolute Gasteiger partial charge is 0.300 e. The maximum absolute atomic E-state index is 12.7. The molecule has 1 fully saturated rings. The number of primary sulfonamides is 1. The van der Waals surface area contributed by atoms with Crippen LogP contribution < -0.4 is 5.14 Å². The van der Waals surface area contributed by atoms with E-state index in [0.29, 0.717) is 29.3 Å². The summed E-state index contributed by atoms with van der Waals surface area (Å²) in [6.45, 7) is 0.179. The number of rotatable bonds is 5. The van der Waals surface area contributed by atoms with Crippen molar-refractivity contribution in [1.29, 1.82) is 0 Å². The van der Waals surface area contributed by atoms with Crippen molar-refractivity contribution < 1.29 is 8.42 Å². The van der Waals surface area contributed by atoms with Gasteiger partial charge in [0.1, 0.15) is 5.65 Å². The van der Waals surface area contributed by atoms with E-state index in [1.807, 2.05) is 40.9 Å². The average molecular weight is 408 g/mol. The Bertz CT molecular complexity index is 1270. The number of aliphatic imine (C=N–C) groups is 1. The van der Waals surface area contributed by atoms with Gasteiger partial charge >= 0.3 is 0 Å². The molecule has 9 heteroatoms. The molecule has 1 saturated carbocycles. The summed E-state index contributed by atoms with van der Waals surface area (Å²) in [5.74, 6) is 0.780. The van der Waals surface area contributed by atoms with Gasteiger partial charge in [0.15, 0.2) is 12.5 Å². The van der Waals surface area contributed by atoms with E-state index in [9.17, 15) is 8.42 Å². The number of aromatic nitrogens is 2. The van der Waals surface area contributed by atoms with Crippen molar-refractivity contribution in [2.24, 2.45) is 26.3 Å². The van der Waals surface area contributed by atoms with Gasteiger partial charge in [0.05, 0.1) is 22.3 Å². The van der Waals surface area contributed by atoms with E-state index < -0.39 is 10.0 Å². The Morgan fingerprint density at radius 1 is 1.17 bits per heavy atom. The maximum atomic E-state index is 12.7. The molecule has 3 heterocycles. The summed E-state index contributed by atoms with van der Waals surface area (Å²) < 4.78 is 27.4. The molecule has 0 saturated heterocycles. The third-order valence-electron chi connectivity index (χ3n) is 5.62. The Morgan fingerprint density at radius 2 is 2.03 bits per heavy atom. The fourth-order valence-corrected chi connectivity index (χ4v) is 5.05. The van der Waals surface area contributed by atoms with Crippen LogP contribution in [0.4, 0.5) is 0 Å². The first kappa shape index (κ1) is 18.1. The van der Waals surface area contributed by atoms with Crippen LogP contribution in [0.25, 0.3) is 16.9 Å². The van der Waals surface area contributed by atoms with Crippen molar-refractivity contribution in [2.45, 2.75) is 30.6 Å². The standard InChI is InChI=1S/C20H20N6O2S/c21-29(27,28)19-14(10-13-4-3-5-13)7-8-15(18(19)20-23-12-24-25-20)16-11-22-17-6-1-2-9-26(16)17/h1-2,6-9,11,13H,3-5,10,12H2,(H2,21,27,28). The minimum absolute atomic E-state index is 0.104. The van der Waals surface area contributed by atoms with E-state index in [2.05, 4.69) is 20.2 Å². The van der Waals surface area contributed by atoms with Gasteiger partial charge in [-0.25, -0.2) is 23.5 Å². The second-order valence-electron chi connectivity index (χ2n) is 7.46. The molecule has 8 nitrogen and oxygen atoms in total. The molecule has 0 spiro atoms. The topological polar surface area (TPSA) is 115 Å². The number of azo groups is 1. The predicted octanol–water partition coefficient (Wildman–Crippen LogP) is 3.16. The van der Waals surface area contributed by atoms with Crippen LogP contribution in [0.2, 0.25) is 0 Å². The Hall–Kier alpha value is -2.91. The van der Waals surface area contributed by atoms with E-state index in [-0.39, 0.29) is 11.6 Å². The van der Waals surface area contributed by atoms with E-state index in [1.54, 1.807) is 6.20 Å². The summed E-state index contributed by atoms with van der Waals surface area (Å²) >= 11 is 0. The van der Waals surface area contributed by atoms with E-state index in [4.69, 9.17) is 5.14 Å². The molecule has 2 aromatic heterocycles. The first-order chi connectivity index (χ1) is 14.0. The molecule has 0 amide bonds. The highest BCUT2D eigenvalue weighted by Gasteiger charge is 2.30. The number of sulfonamides is 1. The van der Waals surface area contributed by atoms with Crippen molar-refractivity contribution in [3.05, 3.63) is 53.9 Å². The van der Waals surface area contributed by atoms with E-state index >= 15 is 0 Å². The molecule has 0 bridgehead atoms. The molecule has 0 atom stereocenters. The summed E-state index contributed by atoms with van der Waals surface area (Å²) in [6.07, 6.45) is 7.68. The zero-order valence-corrected chi connectivity index (χ0v) is 16.5. The molecule has 1 aliphatic carbocycles. The van der Waals surface area contributed by atoms with Gasteiger partial charge in [0.25, 0.3) is 0 Å². The first-order valence-corrected chi connectivity index (χ1v) is 11.1. The summed E-state index contributed by atoms with van der Waals surface area (Å²) in [6, 6.07) is 9.48. The SMILES string of the molecule is NS(=O)(=O)c1c(CC2CCC2)ccc(-c2cnc3ccccn23)c1C1=NCN=N1. The minimum Gasteiger partial charge on any atom is -0.300 e. The fraction of sp³-hybridized carbons (Fsp3) is 0.300. The van der Waals surface area contributed by atoms with E-state index in [1.165, 1.54) is 6.42 Å². The van der Waals surface area contributed by atoms with Gasteiger partial charge in [-0.3, -0.25) is 4.40 Å². The summed E-state index contributed by atoms with van der Waals surface area (Å²) in [4.78, 5) is 8.86. The molecule has 0 unspecified atom stereocenters. The van der Waals surface area contributed by atoms with E-state index in [0.717, 1.165) is 29.7 Å². The molecule has 29 heavy (non-hydrogen) atoms. The van der Waals surface area contributed by atoms with Gasteiger partial charge in [0.2, 0.25) is 10.0 Å². The van der Waals surface area contributed by atoms with Crippen molar-refractivity contribution in [2.75, 3.05) is 6.67 Å². The zero-order valence-electron chi connectivity index (χ0n) is 15.7. The van der Waals surface area contributed by atoms with Crippen molar-refractivity contribution in [1.82, 2.24) is 9.38 Å². The van der Waals surface area contributed by atoms with Crippen molar-refractivity contribution in [3.63, 3.8) is 0 Å². The molecule has 1 aromatic carbocycles. The quantitative estimate of drug-likeness (QED) is 0.699. The number of benzene rings is 1. The summed E-state index contributed by atoms with van der Waals surface area (Å²) in [5, 5.41) is 13.8. The predicted molar refractivity (Wildman–Crippen MR) is 109 cm³/mol. The molecule has 1 aliphatic heterocycles. The average Bonchev–Trinajstić information content (AvgIpc) is 3.33. The number of nitrogens with zero attached hydrogens (tertiary/aromatic N) is 5. The van der Waals surface area contributed by atoms with Crippen LogP contribution in [0.1, 0.15) is 30.4 Å². The van der Waals surface area contributed by atoms with Gasteiger partial charge in [-0.1, -0.05) is 37.5 Å². The van der Waals surface area contributed by atoms with Crippen molar-refractivity contribution >= 4 is 21.5 Å². The third kappa shape index (κ3) is 3.16. The summed E-state index contributed by atoms with van der Waals surface area (Å²) in [7, 11) is -4.01. The minimum atomic E-state index is -4.01. The summed E-state index contributed by atoms with van der Waals surface area (Å²) in [5.41, 5.74) is 3.31. The Labute approximate surface area is 168 Å². The molecular formula is C20H20N6O2S. The third-order valence-corrected chi connectivity index (χ3v) is 6.66. The van der Waals surface area contributed by atoms with Crippen LogP contribution in [-0.2, 0) is 16.4 Å². The van der Waals surface area contributed by atoms with Crippen LogP contribution in [0.15, 0.2) is 62.8 Å².